The van der Waals surface area contributed by atoms with Gasteiger partial charge in [0.25, 0.3) is 0 Å². The molecule has 0 aromatic carbocycles. The Labute approximate surface area is 87.7 Å². The zero-order valence-electron chi connectivity index (χ0n) is 9.46. The maximum Gasteiger partial charge on any atom is 0.0480 e. The highest BCUT2D eigenvalue weighted by Gasteiger charge is 2.18. The molecule has 0 bridgehead atoms. The summed E-state index contributed by atoms with van der Waals surface area (Å²) < 4.78 is 5.33. The summed E-state index contributed by atoms with van der Waals surface area (Å²) >= 11 is 0. The van der Waals surface area contributed by atoms with Crippen molar-refractivity contribution in [3.63, 3.8) is 0 Å². The van der Waals surface area contributed by atoms with Gasteiger partial charge in [-0.3, -0.25) is 0 Å². The highest BCUT2D eigenvalue weighted by molar-refractivity contribution is 4.81. The van der Waals surface area contributed by atoms with Crippen LogP contribution in [0.2, 0.25) is 0 Å². The third-order valence-electron chi connectivity index (χ3n) is 3.11. The molecule has 1 heterocycles. The van der Waals surface area contributed by atoms with Crippen LogP contribution in [0.3, 0.4) is 0 Å². The normalized spacial score (nSPS) is 23.0. The lowest BCUT2D eigenvalue weighted by atomic mass is 9.97. The van der Waals surface area contributed by atoms with Crippen LogP contribution in [0.1, 0.15) is 33.1 Å². The number of rotatable bonds is 5. The average molecular weight is 197 g/mol. The average Bonchev–Trinajstić information content (AvgIpc) is 2.19. The smallest absolute Gasteiger partial charge is 0.0480 e. The van der Waals surface area contributed by atoms with Gasteiger partial charge >= 0.3 is 0 Å². The third-order valence-corrected chi connectivity index (χ3v) is 3.11. The van der Waals surface area contributed by atoms with Gasteiger partial charge in [0.1, 0.15) is 0 Å². The van der Waals surface area contributed by atoms with Crippen molar-refractivity contribution in [2.75, 3.05) is 13.2 Å². The molecule has 2 heteroatoms. The second-order valence-corrected chi connectivity index (χ2v) is 4.34. The van der Waals surface area contributed by atoms with Crippen molar-refractivity contribution in [1.82, 2.24) is 5.32 Å². The van der Waals surface area contributed by atoms with Gasteiger partial charge in [-0.15, -0.1) is 6.58 Å². The van der Waals surface area contributed by atoms with Crippen molar-refractivity contribution in [3.05, 3.63) is 12.7 Å². The Hall–Kier alpha value is -0.340. The fourth-order valence-corrected chi connectivity index (χ4v) is 1.87. The van der Waals surface area contributed by atoms with Crippen LogP contribution in [0.25, 0.3) is 0 Å². The highest BCUT2D eigenvalue weighted by Crippen LogP contribution is 2.12. The first-order valence-corrected chi connectivity index (χ1v) is 5.68. The van der Waals surface area contributed by atoms with Crippen LogP contribution >= 0.6 is 0 Å². The fraction of sp³-hybridized carbons (Fsp3) is 0.833. The van der Waals surface area contributed by atoms with Crippen molar-refractivity contribution in [2.45, 2.75) is 45.2 Å². The molecule has 0 radical (unpaired) electrons. The van der Waals surface area contributed by atoms with E-state index in [1.807, 2.05) is 6.08 Å². The second kappa shape index (κ2) is 6.20. The summed E-state index contributed by atoms with van der Waals surface area (Å²) in [6.07, 6.45) is 5.42. The van der Waals surface area contributed by atoms with E-state index in [2.05, 4.69) is 25.7 Å². The molecule has 14 heavy (non-hydrogen) atoms. The molecular weight excluding hydrogens is 174 g/mol. The molecule has 0 spiro atoms. The minimum Gasteiger partial charge on any atom is -0.381 e. The van der Waals surface area contributed by atoms with Crippen LogP contribution in [0.15, 0.2) is 12.7 Å². The zero-order valence-corrected chi connectivity index (χ0v) is 9.46. The first-order valence-electron chi connectivity index (χ1n) is 5.68. The summed E-state index contributed by atoms with van der Waals surface area (Å²) in [5, 5.41) is 3.68. The maximum atomic E-state index is 5.33. The van der Waals surface area contributed by atoms with Gasteiger partial charge in [0.2, 0.25) is 0 Å². The predicted octanol–water partition coefficient (Wildman–Crippen LogP) is 2.36. The molecular formula is C12H23NO. The van der Waals surface area contributed by atoms with Crippen molar-refractivity contribution in [2.24, 2.45) is 5.92 Å². The quantitative estimate of drug-likeness (QED) is 0.683. The molecule has 1 aliphatic rings. The number of ether oxygens (including phenoxy) is 1. The SMILES string of the molecule is C=CCC(C)C(C)NC1CCOCC1. The lowest BCUT2D eigenvalue weighted by molar-refractivity contribution is 0.0734. The molecule has 2 unspecified atom stereocenters. The largest absolute Gasteiger partial charge is 0.381 e. The summed E-state index contributed by atoms with van der Waals surface area (Å²) in [5.74, 6) is 0.676. The Morgan fingerprint density at radius 2 is 2.07 bits per heavy atom. The minimum absolute atomic E-state index is 0.580. The van der Waals surface area contributed by atoms with Crippen molar-refractivity contribution in [1.29, 1.82) is 0 Å². The predicted molar refractivity (Wildman–Crippen MR) is 60.4 cm³/mol. The summed E-state index contributed by atoms with van der Waals surface area (Å²) in [7, 11) is 0. The molecule has 0 amide bonds. The van der Waals surface area contributed by atoms with E-state index in [0.29, 0.717) is 18.0 Å². The van der Waals surface area contributed by atoms with E-state index in [1.165, 1.54) is 0 Å². The molecule has 0 saturated carbocycles. The Balaban J connectivity index is 2.23. The zero-order chi connectivity index (χ0) is 10.4. The monoisotopic (exact) mass is 197 g/mol. The van der Waals surface area contributed by atoms with Gasteiger partial charge in [-0.05, 0) is 32.1 Å². The van der Waals surface area contributed by atoms with Gasteiger partial charge in [-0.1, -0.05) is 13.0 Å². The van der Waals surface area contributed by atoms with Gasteiger partial charge in [-0.25, -0.2) is 0 Å². The van der Waals surface area contributed by atoms with Gasteiger partial charge < -0.3 is 10.1 Å². The molecule has 1 N–H and O–H groups in total. The fourth-order valence-electron chi connectivity index (χ4n) is 1.87. The number of hydrogen-bond donors (Lipinski definition) is 1. The van der Waals surface area contributed by atoms with E-state index in [4.69, 9.17) is 4.74 Å². The first kappa shape index (κ1) is 11.7. The first-order chi connectivity index (χ1) is 6.74. The maximum absolute atomic E-state index is 5.33. The van der Waals surface area contributed by atoms with E-state index < -0.39 is 0 Å². The number of allylic oxidation sites excluding steroid dienone is 1. The van der Waals surface area contributed by atoms with Crippen LogP contribution in [0.5, 0.6) is 0 Å². The molecule has 1 rings (SSSR count). The van der Waals surface area contributed by atoms with E-state index in [0.717, 1.165) is 32.5 Å². The molecule has 1 fully saturated rings. The second-order valence-electron chi connectivity index (χ2n) is 4.34. The summed E-state index contributed by atoms with van der Waals surface area (Å²) in [6.45, 7) is 10.2. The molecule has 0 aromatic rings. The molecule has 0 aromatic heterocycles. The molecule has 2 nitrogen and oxygen atoms in total. The topological polar surface area (TPSA) is 21.3 Å². The number of hydrogen-bond acceptors (Lipinski definition) is 2. The van der Waals surface area contributed by atoms with Crippen molar-refractivity contribution in [3.8, 4) is 0 Å². The molecule has 1 aliphatic heterocycles. The van der Waals surface area contributed by atoms with Crippen LogP contribution in [0, 0.1) is 5.92 Å². The Kier molecular flexibility index (Phi) is 5.20. The Bertz CT molecular complexity index is 164. The number of nitrogens with one attached hydrogen (secondary N) is 1. The molecule has 1 saturated heterocycles. The minimum atomic E-state index is 0.580. The summed E-state index contributed by atoms with van der Waals surface area (Å²) in [6, 6.07) is 1.24. The lowest BCUT2D eigenvalue weighted by Crippen LogP contribution is -2.42. The van der Waals surface area contributed by atoms with Crippen molar-refractivity contribution >= 4 is 0 Å². The van der Waals surface area contributed by atoms with Gasteiger partial charge in [0.05, 0.1) is 0 Å². The lowest BCUT2D eigenvalue weighted by Gasteiger charge is -2.29. The van der Waals surface area contributed by atoms with Gasteiger partial charge in [0, 0.05) is 25.3 Å². The Morgan fingerprint density at radius 3 is 2.64 bits per heavy atom. The van der Waals surface area contributed by atoms with Crippen LogP contribution in [-0.4, -0.2) is 25.3 Å². The van der Waals surface area contributed by atoms with Gasteiger partial charge in [0.15, 0.2) is 0 Å². The van der Waals surface area contributed by atoms with Gasteiger partial charge in [-0.2, -0.15) is 0 Å². The standard InChI is InChI=1S/C12H23NO/c1-4-5-10(2)11(3)13-12-6-8-14-9-7-12/h4,10-13H,1,5-9H2,2-3H3. The van der Waals surface area contributed by atoms with Crippen LogP contribution in [0.4, 0.5) is 0 Å². The third kappa shape index (κ3) is 3.81. The Morgan fingerprint density at radius 1 is 1.43 bits per heavy atom. The van der Waals surface area contributed by atoms with E-state index >= 15 is 0 Å². The van der Waals surface area contributed by atoms with E-state index in [-0.39, 0.29) is 0 Å². The van der Waals surface area contributed by atoms with E-state index in [9.17, 15) is 0 Å². The molecule has 2 atom stereocenters. The molecule has 0 aliphatic carbocycles. The molecule has 82 valence electrons. The summed E-state index contributed by atoms with van der Waals surface area (Å²) in [5.41, 5.74) is 0. The van der Waals surface area contributed by atoms with Crippen LogP contribution in [-0.2, 0) is 4.74 Å². The van der Waals surface area contributed by atoms with Crippen LogP contribution < -0.4 is 5.32 Å². The summed E-state index contributed by atoms with van der Waals surface area (Å²) in [4.78, 5) is 0. The van der Waals surface area contributed by atoms with E-state index in [1.54, 1.807) is 0 Å². The van der Waals surface area contributed by atoms with Crippen molar-refractivity contribution < 1.29 is 4.74 Å². The highest BCUT2D eigenvalue weighted by atomic mass is 16.5.